The molecule has 0 aliphatic carbocycles. The first-order chi connectivity index (χ1) is 13.4. The Labute approximate surface area is 166 Å². The van der Waals surface area contributed by atoms with Crippen LogP contribution in [0.1, 0.15) is 32.1 Å². The Hall–Kier alpha value is -3.42. The van der Waals surface area contributed by atoms with Crippen LogP contribution in [0, 0.1) is 0 Å². The smallest absolute Gasteiger partial charge is 0.326 e. The highest BCUT2D eigenvalue weighted by molar-refractivity contribution is 5.94. The van der Waals surface area contributed by atoms with Crippen LogP contribution in [0.5, 0.6) is 0 Å². The Balaban J connectivity index is 4.95. The second kappa shape index (κ2) is 12.9. The van der Waals surface area contributed by atoms with Gasteiger partial charge in [-0.2, -0.15) is 0 Å². The molecular formula is C15H27N7O7. The van der Waals surface area contributed by atoms with Crippen molar-refractivity contribution in [3.8, 4) is 0 Å². The number of nitrogens with one attached hydrogen (secondary N) is 2. The van der Waals surface area contributed by atoms with E-state index < -0.39 is 54.2 Å². The molecule has 0 aromatic rings. The van der Waals surface area contributed by atoms with E-state index in [1.54, 1.807) is 0 Å². The monoisotopic (exact) mass is 417 g/mol. The van der Waals surface area contributed by atoms with Crippen LogP contribution in [0.4, 0.5) is 0 Å². The predicted molar refractivity (Wildman–Crippen MR) is 100 cm³/mol. The molecule has 0 rings (SSSR count). The van der Waals surface area contributed by atoms with E-state index in [0.29, 0.717) is 6.42 Å². The van der Waals surface area contributed by atoms with Crippen LogP contribution >= 0.6 is 0 Å². The minimum atomic E-state index is -1.57. The molecule has 12 N–H and O–H groups in total. The number of primary amides is 1. The molecule has 14 heteroatoms. The number of nitrogens with zero attached hydrogens (tertiary/aromatic N) is 1. The topological polar surface area (TPSA) is 266 Å². The molecule has 0 aromatic carbocycles. The maximum Gasteiger partial charge on any atom is 0.326 e. The number of guanidine groups is 1. The highest BCUT2D eigenvalue weighted by Crippen LogP contribution is 2.02. The van der Waals surface area contributed by atoms with Crippen LogP contribution < -0.4 is 33.6 Å². The van der Waals surface area contributed by atoms with Crippen molar-refractivity contribution in [1.82, 2.24) is 10.6 Å². The predicted octanol–water partition coefficient (Wildman–Crippen LogP) is -3.84. The van der Waals surface area contributed by atoms with E-state index in [0.717, 1.165) is 0 Å². The average molecular weight is 417 g/mol. The van der Waals surface area contributed by atoms with Crippen molar-refractivity contribution < 1.29 is 34.2 Å². The maximum absolute atomic E-state index is 12.3. The molecule has 0 bridgehead atoms. The fourth-order valence-electron chi connectivity index (χ4n) is 2.13. The molecule has 0 saturated heterocycles. The number of carbonyl (C=O) groups is 5. The van der Waals surface area contributed by atoms with Gasteiger partial charge < -0.3 is 43.8 Å². The first-order valence-corrected chi connectivity index (χ1v) is 8.58. The minimum Gasteiger partial charge on any atom is -0.481 e. The molecule has 0 spiro atoms. The molecule has 0 fully saturated rings. The van der Waals surface area contributed by atoms with Gasteiger partial charge in [0.25, 0.3) is 0 Å². The normalized spacial score (nSPS) is 13.4. The van der Waals surface area contributed by atoms with Crippen molar-refractivity contribution in [3.63, 3.8) is 0 Å². The van der Waals surface area contributed by atoms with Gasteiger partial charge in [-0.3, -0.25) is 24.2 Å². The van der Waals surface area contributed by atoms with Gasteiger partial charge in [-0.15, -0.1) is 0 Å². The number of aliphatic carboxylic acids is 2. The summed E-state index contributed by atoms with van der Waals surface area (Å²) in [5.74, 6) is -5.60. The number of carboxylic acid groups (broad SMARTS) is 2. The van der Waals surface area contributed by atoms with Crippen molar-refractivity contribution in [1.29, 1.82) is 0 Å². The SMILES string of the molecule is NC(=O)CC[C@H](NC(=O)[C@H](CC(=O)O)NC(=O)[C@@H](N)CCCN=C(N)N)C(=O)O. The molecule has 0 aliphatic rings. The van der Waals surface area contributed by atoms with Gasteiger partial charge in [0.1, 0.15) is 12.1 Å². The third-order valence-electron chi connectivity index (χ3n) is 3.61. The van der Waals surface area contributed by atoms with Gasteiger partial charge in [-0.1, -0.05) is 0 Å². The maximum atomic E-state index is 12.3. The standard InChI is InChI=1S/C15H27N7O7/c16-7(2-1-5-20-15(18)19)12(26)22-9(6-11(24)25)13(27)21-8(14(28)29)3-4-10(17)23/h7-9H,1-6,16H2,(H2,17,23)(H,21,27)(H,22,26)(H,24,25)(H,28,29)(H4,18,19,20)/t7-,8-,9-/m0/s1. The van der Waals surface area contributed by atoms with Crippen LogP contribution in [0.15, 0.2) is 4.99 Å². The largest absolute Gasteiger partial charge is 0.481 e. The number of carboxylic acids is 2. The zero-order valence-corrected chi connectivity index (χ0v) is 15.7. The number of hydrogen-bond acceptors (Lipinski definition) is 7. The van der Waals surface area contributed by atoms with Crippen molar-refractivity contribution in [2.24, 2.45) is 27.9 Å². The zero-order valence-electron chi connectivity index (χ0n) is 15.7. The molecule has 164 valence electrons. The van der Waals surface area contributed by atoms with Crippen molar-refractivity contribution in [3.05, 3.63) is 0 Å². The van der Waals surface area contributed by atoms with Crippen LogP contribution in [-0.2, 0) is 24.0 Å². The first kappa shape index (κ1) is 25.6. The van der Waals surface area contributed by atoms with Gasteiger partial charge in [0.05, 0.1) is 12.5 Å². The molecule has 29 heavy (non-hydrogen) atoms. The Bertz CT molecular complexity index is 649. The van der Waals surface area contributed by atoms with E-state index >= 15 is 0 Å². The van der Waals surface area contributed by atoms with Crippen LogP contribution in [0.2, 0.25) is 0 Å². The van der Waals surface area contributed by atoms with E-state index in [2.05, 4.69) is 15.6 Å². The van der Waals surface area contributed by atoms with E-state index in [4.69, 9.17) is 33.1 Å². The molecule has 0 saturated carbocycles. The summed E-state index contributed by atoms with van der Waals surface area (Å²) in [5.41, 5.74) is 21.0. The summed E-state index contributed by atoms with van der Waals surface area (Å²) in [4.78, 5) is 61.1. The Kier molecular flexibility index (Phi) is 11.4. The van der Waals surface area contributed by atoms with Gasteiger partial charge in [0.2, 0.25) is 17.7 Å². The van der Waals surface area contributed by atoms with Gasteiger partial charge in [0, 0.05) is 13.0 Å². The van der Waals surface area contributed by atoms with Gasteiger partial charge in [0.15, 0.2) is 5.96 Å². The third kappa shape index (κ3) is 11.8. The lowest BCUT2D eigenvalue weighted by molar-refractivity contribution is -0.143. The summed E-state index contributed by atoms with van der Waals surface area (Å²) in [6.45, 7) is 0.225. The second-order valence-corrected chi connectivity index (χ2v) is 6.12. The highest BCUT2D eigenvalue weighted by atomic mass is 16.4. The van der Waals surface area contributed by atoms with Crippen LogP contribution in [0.25, 0.3) is 0 Å². The molecule has 0 unspecified atom stereocenters. The molecule has 0 aliphatic heterocycles. The fourth-order valence-corrected chi connectivity index (χ4v) is 2.13. The Morgan fingerprint density at radius 3 is 1.97 bits per heavy atom. The molecule has 0 aromatic heterocycles. The molecule has 14 nitrogen and oxygen atoms in total. The molecule has 0 heterocycles. The van der Waals surface area contributed by atoms with Crippen LogP contribution in [-0.4, -0.2) is 70.5 Å². The first-order valence-electron chi connectivity index (χ1n) is 8.58. The lowest BCUT2D eigenvalue weighted by Crippen LogP contribution is -2.55. The second-order valence-electron chi connectivity index (χ2n) is 6.12. The van der Waals surface area contributed by atoms with Gasteiger partial charge >= 0.3 is 11.9 Å². The lowest BCUT2D eigenvalue weighted by atomic mass is 10.1. The molecular weight excluding hydrogens is 390 g/mol. The van der Waals surface area contributed by atoms with Gasteiger partial charge in [-0.05, 0) is 19.3 Å². The fraction of sp³-hybridized carbons (Fsp3) is 0.600. The molecule has 3 amide bonds. The summed E-state index contributed by atoms with van der Waals surface area (Å²) >= 11 is 0. The third-order valence-corrected chi connectivity index (χ3v) is 3.61. The van der Waals surface area contributed by atoms with Crippen molar-refractivity contribution in [2.45, 2.75) is 50.2 Å². The summed E-state index contributed by atoms with van der Waals surface area (Å²) < 4.78 is 0. The van der Waals surface area contributed by atoms with Crippen molar-refractivity contribution in [2.75, 3.05) is 6.54 Å². The Morgan fingerprint density at radius 2 is 1.48 bits per heavy atom. The summed E-state index contributed by atoms with van der Waals surface area (Å²) in [7, 11) is 0. The number of aliphatic imine (C=N–C) groups is 1. The van der Waals surface area contributed by atoms with Gasteiger partial charge in [-0.25, -0.2) is 4.79 Å². The Morgan fingerprint density at radius 1 is 0.897 bits per heavy atom. The number of nitrogens with two attached hydrogens (primary N) is 4. The average Bonchev–Trinajstić information content (AvgIpc) is 2.60. The number of carbonyl (C=O) groups excluding carboxylic acids is 3. The summed E-state index contributed by atoms with van der Waals surface area (Å²) in [6, 6.07) is -4.13. The number of rotatable bonds is 14. The van der Waals surface area contributed by atoms with Crippen molar-refractivity contribution >= 4 is 35.6 Å². The van der Waals surface area contributed by atoms with Crippen LogP contribution in [0.3, 0.4) is 0 Å². The van der Waals surface area contributed by atoms with E-state index in [1.165, 1.54) is 0 Å². The quantitative estimate of drug-likeness (QED) is 0.0774. The lowest BCUT2D eigenvalue weighted by Gasteiger charge is -2.21. The number of amides is 3. The highest BCUT2D eigenvalue weighted by Gasteiger charge is 2.29. The summed E-state index contributed by atoms with van der Waals surface area (Å²) in [6.07, 6.45) is -0.903. The molecule has 3 atom stereocenters. The summed E-state index contributed by atoms with van der Waals surface area (Å²) in [5, 5.41) is 22.3. The van der Waals surface area contributed by atoms with E-state index in [1.807, 2.05) is 0 Å². The number of hydrogen-bond donors (Lipinski definition) is 8. The minimum absolute atomic E-state index is 0.120. The van der Waals surface area contributed by atoms with E-state index in [9.17, 15) is 24.0 Å². The molecule has 0 radical (unpaired) electrons. The zero-order chi connectivity index (χ0) is 22.6. The van der Waals surface area contributed by atoms with E-state index in [-0.39, 0.29) is 31.8 Å².